The smallest absolute Gasteiger partial charge is 0.276 e. The van der Waals surface area contributed by atoms with Crippen LogP contribution in [-0.4, -0.2) is 21.7 Å². The lowest BCUT2D eigenvalue weighted by molar-refractivity contribution is 0.0932. The van der Waals surface area contributed by atoms with Gasteiger partial charge in [-0.1, -0.05) is 13.8 Å². The fourth-order valence-electron chi connectivity index (χ4n) is 1.16. The van der Waals surface area contributed by atoms with E-state index in [0.717, 1.165) is 0 Å². The van der Waals surface area contributed by atoms with Gasteiger partial charge in [-0.3, -0.25) is 10.5 Å². The standard InChI is InChI=1S/C6H9N5O.C2H6/c1-11-2-8-3-4(11)9-6(7)10-5(3)12;1-2/h2,6,9H,7H2,1H3,(H,10,12);1-2H3. The van der Waals surface area contributed by atoms with Crippen LogP contribution in [-0.2, 0) is 7.05 Å². The third-order valence-corrected chi connectivity index (χ3v) is 1.73. The summed E-state index contributed by atoms with van der Waals surface area (Å²) in [5.74, 6) is 0.420. The number of amides is 1. The molecule has 1 aliphatic heterocycles. The molecule has 1 aromatic rings. The molecular weight excluding hydrogens is 182 g/mol. The van der Waals surface area contributed by atoms with Crippen LogP contribution in [0.1, 0.15) is 24.3 Å². The molecule has 0 spiro atoms. The molecule has 0 saturated carbocycles. The van der Waals surface area contributed by atoms with E-state index in [1.807, 2.05) is 13.8 Å². The molecule has 6 nitrogen and oxygen atoms in total. The molecule has 6 heteroatoms. The quantitative estimate of drug-likeness (QED) is 0.539. The van der Waals surface area contributed by atoms with Crippen LogP contribution in [0.4, 0.5) is 5.82 Å². The van der Waals surface area contributed by atoms with Gasteiger partial charge in [0.05, 0.1) is 6.33 Å². The van der Waals surface area contributed by atoms with Crippen LogP contribution in [0, 0.1) is 0 Å². The number of aromatic nitrogens is 2. The number of anilines is 1. The number of hydrogen-bond acceptors (Lipinski definition) is 4. The maximum Gasteiger partial charge on any atom is 0.276 e. The molecule has 0 fully saturated rings. The van der Waals surface area contributed by atoms with Crippen molar-refractivity contribution in [3.8, 4) is 0 Å². The number of nitrogens with one attached hydrogen (secondary N) is 2. The molecule has 2 heterocycles. The first-order valence-electron chi connectivity index (χ1n) is 4.53. The summed E-state index contributed by atoms with van der Waals surface area (Å²) in [6, 6.07) is 0. The topological polar surface area (TPSA) is 85.0 Å². The van der Waals surface area contributed by atoms with Crippen molar-refractivity contribution >= 4 is 11.7 Å². The van der Waals surface area contributed by atoms with Crippen molar-refractivity contribution in [3.63, 3.8) is 0 Å². The van der Waals surface area contributed by atoms with E-state index in [-0.39, 0.29) is 5.91 Å². The van der Waals surface area contributed by atoms with Gasteiger partial charge in [0, 0.05) is 7.05 Å². The number of aryl methyl sites for hydroxylation is 1. The maximum absolute atomic E-state index is 11.2. The van der Waals surface area contributed by atoms with Gasteiger partial charge in [0.1, 0.15) is 5.82 Å². The molecule has 1 aromatic heterocycles. The number of nitrogens with zero attached hydrogens (tertiary/aromatic N) is 2. The van der Waals surface area contributed by atoms with Gasteiger partial charge in [0.15, 0.2) is 12.0 Å². The normalized spacial score (nSPS) is 18.6. The number of hydrogen-bond donors (Lipinski definition) is 3. The predicted molar refractivity (Wildman–Crippen MR) is 53.6 cm³/mol. The van der Waals surface area contributed by atoms with Gasteiger partial charge in [-0.2, -0.15) is 0 Å². The molecule has 4 N–H and O–H groups in total. The summed E-state index contributed by atoms with van der Waals surface area (Å²) in [6.07, 6.45) is 1.04. The Morgan fingerprint density at radius 1 is 1.50 bits per heavy atom. The Hall–Kier alpha value is -1.56. The SMILES string of the molecule is CC.Cn1cnc2c1NC(N)NC2=O. The highest BCUT2D eigenvalue weighted by atomic mass is 16.2. The van der Waals surface area contributed by atoms with E-state index in [2.05, 4.69) is 15.6 Å². The second-order valence-corrected chi connectivity index (χ2v) is 2.65. The van der Waals surface area contributed by atoms with E-state index in [0.29, 0.717) is 11.5 Å². The molecular formula is C8H15N5O. The Balaban J connectivity index is 0.000000461. The van der Waals surface area contributed by atoms with Gasteiger partial charge >= 0.3 is 0 Å². The second kappa shape index (κ2) is 4.10. The van der Waals surface area contributed by atoms with Gasteiger partial charge in [-0.05, 0) is 0 Å². The molecule has 0 radical (unpaired) electrons. The van der Waals surface area contributed by atoms with Crippen LogP contribution in [0.3, 0.4) is 0 Å². The summed E-state index contributed by atoms with van der Waals surface area (Å²) in [5, 5.41) is 5.39. The molecule has 78 valence electrons. The molecule has 0 aromatic carbocycles. The van der Waals surface area contributed by atoms with Crippen LogP contribution in [0.5, 0.6) is 0 Å². The Labute approximate surface area is 82.5 Å². The van der Waals surface area contributed by atoms with Crippen LogP contribution in [0.15, 0.2) is 6.33 Å². The van der Waals surface area contributed by atoms with Gasteiger partial charge in [-0.15, -0.1) is 0 Å². The van der Waals surface area contributed by atoms with Crippen molar-refractivity contribution in [1.82, 2.24) is 14.9 Å². The molecule has 1 amide bonds. The van der Waals surface area contributed by atoms with Crippen LogP contribution < -0.4 is 16.4 Å². The molecule has 0 aliphatic carbocycles. The minimum atomic E-state index is -0.527. The van der Waals surface area contributed by atoms with Crippen molar-refractivity contribution < 1.29 is 4.79 Å². The third kappa shape index (κ3) is 1.69. The number of fused-ring (bicyclic) bond motifs is 1. The molecule has 0 saturated heterocycles. The van der Waals surface area contributed by atoms with E-state index in [4.69, 9.17) is 5.73 Å². The van der Waals surface area contributed by atoms with Crippen LogP contribution in [0.25, 0.3) is 0 Å². The first kappa shape index (κ1) is 10.5. The predicted octanol–water partition coefficient (Wildman–Crippen LogP) is -0.156. The zero-order chi connectivity index (χ0) is 10.7. The highest BCUT2D eigenvalue weighted by Crippen LogP contribution is 2.15. The van der Waals surface area contributed by atoms with E-state index < -0.39 is 6.29 Å². The molecule has 0 bridgehead atoms. The Kier molecular flexibility index (Phi) is 3.08. The Morgan fingerprint density at radius 3 is 2.79 bits per heavy atom. The summed E-state index contributed by atoms with van der Waals surface area (Å²) in [5.41, 5.74) is 5.87. The van der Waals surface area contributed by atoms with E-state index in [1.54, 1.807) is 17.9 Å². The largest absolute Gasteiger partial charge is 0.337 e. The summed E-state index contributed by atoms with van der Waals surface area (Å²) >= 11 is 0. The number of rotatable bonds is 0. The van der Waals surface area contributed by atoms with Gasteiger partial charge in [0.2, 0.25) is 0 Å². The van der Waals surface area contributed by atoms with E-state index >= 15 is 0 Å². The molecule has 14 heavy (non-hydrogen) atoms. The van der Waals surface area contributed by atoms with Gasteiger partial charge in [-0.25, -0.2) is 4.98 Å². The van der Waals surface area contributed by atoms with Crippen molar-refractivity contribution in [1.29, 1.82) is 0 Å². The lowest BCUT2D eigenvalue weighted by Gasteiger charge is -2.21. The minimum Gasteiger partial charge on any atom is -0.337 e. The van der Waals surface area contributed by atoms with Crippen molar-refractivity contribution in [3.05, 3.63) is 12.0 Å². The number of nitrogens with two attached hydrogens (primary N) is 1. The first-order chi connectivity index (χ1) is 6.68. The van der Waals surface area contributed by atoms with Gasteiger partial charge < -0.3 is 15.2 Å². The molecule has 1 aliphatic rings. The van der Waals surface area contributed by atoms with Crippen LogP contribution >= 0.6 is 0 Å². The van der Waals surface area contributed by atoms with Crippen LogP contribution in [0.2, 0.25) is 0 Å². The minimum absolute atomic E-state index is 0.239. The summed E-state index contributed by atoms with van der Waals surface area (Å²) in [4.78, 5) is 15.1. The lowest BCUT2D eigenvalue weighted by Crippen LogP contribution is -2.51. The average Bonchev–Trinajstić information content (AvgIpc) is 2.52. The number of carbonyl (C=O) groups is 1. The highest BCUT2D eigenvalue weighted by Gasteiger charge is 2.24. The highest BCUT2D eigenvalue weighted by molar-refractivity contribution is 5.98. The van der Waals surface area contributed by atoms with Crippen molar-refractivity contribution in [2.75, 3.05) is 5.32 Å². The third-order valence-electron chi connectivity index (χ3n) is 1.73. The first-order valence-corrected chi connectivity index (χ1v) is 4.53. The molecule has 2 rings (SSSR count). The monoisotopic (exact) mass is 197 g/mol. The second-order valence-electron chi connectivity index (χ2n) is 2.65. The molecule has 1 atom stereocenters. The number of imidazole rings is 1. The molecule has 1 unspecified atom stereocenters. The zero-order valence-corrected chi connectivity index (χ0v) is 8.53. The summed E-state index contributed by atoms with van der Waals surface area (Å²) < 4.78 is 1.72. The average molecular weight is 197 g/mol. The number of carbonyl (C=O) groups excluding carboxylic acids is 1. The maximum atomic E-state index is 11.2. The summed E-state index contributed by atoms with van der Waals surface area (Å²) in [6.45, 7) is 4.00. The fraction of sp³-hybridized carbons (Fsp3) is 0.500. The summed E-state index contributed by atoms with van der Waals surface area (Å²) in [7, 11) is 1.80. The van der Waals surface area contributed by atoms with Crippen molar-refractivity contribution in [2.45, 2.75) is 20.1 Å². The van der Waals surface area contributed by atoms with Crippen molar-refractivity contribution in [2.24, 2.45) is 12.8 Å². The Bertz CT molecular complexity index is 332. The fourth-order valence-corrected chi connectivity index (χ4v) is 1.16. The Morgan fingerprint density at radius 2 is 2.14 bits per heavy atom. The zero-order valence-electron chi connectivity index (χ0n) is 8.53. The van der Waals surface area contributed by atoms with E-state index in [1.165, 1.54) is 0 Å². The lowest BCUT2D eigenvalue weighted by atomic mass is 10.3. The van der Waals surface area contributed by atoms with Gasteiger partial charge in [0.25, 0.3) is 5.91 Å². The van der Waals surface area contributed by atoms with E-state index in [9.17, 15) is 4.79 Å².